The van der Waals surface area contributed by atoms with Gasteiger partial charge in [-0.05, 0) is 20.3 Å². The number of aryl methyl sites for hydroxylation is 2. The van der Waals surface area contributed by atoms with Gasteiger partial charge in [-0.15, -0.1) is 0 Å². The van der Waals surface area contributed by atoms with Crippen LogP contribution in [0.5, 0.6) is 0 Å². The van der Waals surface area contributed by atoms with Crippen molar-refractivity contribution < 1.29 is 4.74 Å². The van der Waals surface area contributed by atoms with Gasteiger partial charge in [0.2, 0.25) is 0 Å². The Morgan fingerprint density at radius 1 is 1.42 bits per heavy atom. The zero-order valence-electron chi connectivity index (χ0n) is 12.7. The monoisotopic (exact) mass is 263 g/mol. The SMILES string of the molecule is Cc1nn(C)c(C)c1CNC1C2CCOC2C1(C)C. The molecule has 0 radical (unpaired) electrons. The normalized spacial score (nSPS) is 32.2. The zero-order chi connectivity index (χ0) is 13.8. The Hall–Kier alpha value is -0.870. The van der Waals surface area contributed by atoms with Crippen LogP contribution in [-0.2, 0) is 18.3 Å². The van der Waals surface area contributed by atoms with Gasteiger partial charge in [-0.2, -0.15) is 5.10 Å². The second-order valence-corrected chi connectivity index (χ2v) is 6.70. The smallest absolute Gasteiger partial charge is 0.0685 e. The fourth-order valence-electron chi connectivity index (χ4n) is 4.02. The number of nitrogens with zero attached hydrogens (tertiary/aromatic N) is 2. The predicted octanol–water partition coefficient (Wildman–Crippen LogP) is 1.94. The Morgan fingerprint density at radius 3 is 2.79 bits per heavy atom. The van der Waals surface area contributed by atoms with E-state index < -0.39 is 0 Å². The van der Waals surface area contributed by atoms with Crippen LogP contribution in [0, 0.1) is 25.2 Å². The Morgan fingerprint density at radius 2 is 2.16 bits per heavy atom. The van der Waals surface area contributed by atoms with Crippen LogP contribution in [0.2, 0.25) is 0 Å². The molecule has 4 nitrogen and oxygen atoms in total. The van der Waals surface area contributed by atoms with Gasteiger partial charge >= 0.3 is 0 Å². The van der Waals surface area contributed by atoms with Gasteiger partial charge in [-0.25, -0.2) is 0 Å². The summed E-state index contributed by atoms with van der Waals surface area (Å²) in [5.74, 6) is 0.701. The summed E-state index contributed by atoms with van der Waals surface area (Å²) < 4.78 is 7.82. The molecule has 2 aliphatic rings. The van der Waals surface area contributed by atoms with Crippen molar-refractivity contribution in [3.63, 3.8) is 0 Å². The van der Waals surface area contributed by atoms with Crippen molar-refractivity contribution in [2.24, 2.45) is 18.4 Å². The molecule has 1 saturated carbocycles. The van der Waals surface area contributed by atoms with E-state index in [-0.39, 0.29) is 5.41 Å². The average Bonchev–Trinajstić information content (AvgIpc) is 2.88. The number of rotatable bonds is 3. The van der Waals surface area contributed by atoms with Crippen LogP contribution in [0.3, 0.4) is 0 Å². The molecular formula is C15H25N3O. The van der Waals surface area contributed by atoms with Crippen LogP contribution in [0.1, 0.15) is 37.2 Å². The quantitative estimate of drug-likeness (QED) is 0.906. The summed E-state index contributed by atoms with van der Waals surface area (Å²) >= 11 is 0. The lowest BCUT2D eigenvalue weighted by atomic mass is 9.57. The van der Waals surface area contributed by atoms with Gasteiger partial charge in [0, 0.05) is 48.8 Å². The highest BCUT2D eigenvalue weighted by atomic mass is 16.5. The second-order valence-electron chi connectivity index (χ2n) is 6.70. The summed E-state index contributed by atoms with van der Waals surface area (Å²) in [4.78, 5) is 0. The first-order chi connectivity index (χ1) is 8.93. The molecule has 1 aliphatic carbocycles. The number of fused-ring (bicyclic) bond motifs is 1. The maximum atomic E-state index is 5.84. The highest BCUT2D eigenvalue weighted by Gasteiger charge is 2.58. The van der Waals surface area contributed by atoms with E-state index in [1.54, 1.807) is 0 Å². The molecule has 3 unspecified atom stereocenters. The molecule has 1 aromatic heterocycles. The molecule has 1 N–H and O–H groups in total. The van der Waals surface area contributed by atoms with Crippen LogP contribution in [0.15, 0.2) is 0 Å². The van der Waals surface area contributed by atoms with Gasteiger partial charge in [-0.1, -0.05) is 13.8 Å². The first-order valence-electron chi connectivity index (χ1n) is 7.27. The lowest BCUT2D eigenvalue weighted by molar-refractivity contribution is -0.113. The molecule has 0 amide bonds. The molecule has 0 bridgehead atoms. The zero-order valence-corrected chi connectivity index (χ0v) is 12.7. The van der Waals surface area contributed by atoms with Crippen molar-refractivity contribution in [1.82, 2.24) is 15.1 Å². The van der Waals surface area contributed by atoms with E-state index in [0.29, 0.717) is 18.1 Å². The summed E-state index contributed by atoms with van der Waals surface area (Å²) in [6.45, 7) is 10.7. The van der Waals surface area contributed by atoms with E-state index in [0.717, 1.165) is 18.8 Å². The molecule has 1 saturated heterocycles. The molecule has 106 valence electrons. The van der Waals surface area contributed by atoms with E-state index in [1.807, 2.05) is 11.7 Å². The van der Waals surface area contributed by atoms with Crippen LogP contribution in [-0.4, -0.2) is 28.5 Å². The summed E-state index contributed by atoms with van der Waals surface area (Å²) in [7, 11) is 2.01. The first kappa shape index (κ1) is 13.1. The minimum Gasteiger partial charge on any atom is -0.377 e. The fraction of sp³-hybridized carbons (Fsp3) is 0.800. The maximum absolute atomic E-state index is 5.84. The van der Waals surface area contributed by atoms with Crippen molar-refractivity contribution in [2.75, 3.05) is 6.61 Å². The van der Waals surface area contributed by atoms with Crippen molar-refractivity contribution in [2.45, 2.75) is 52.8 Å². The van der Waals surface area contributed by atoms with Gasteiger partial charge in [-0.3, -0.25) is 4.68 Å². The molecule has 19 heavy (non-hydrogen) atoms. The molecule has 0 aromatic carbocycles. The summed E-state index contributed by atoms with van der Waals surface area (Å²) in [6.07, 6.45) is 1.66. The lowest BCUT2D eigenvalue weighted by Crippen LogP contribution is -2.65. The van der Waals surface area contributed by atoms with E-state index >= 15 is 0 Å². The molecule has 1 aromatic rings. The van der Waals surface area contributed by atoms with E-state index in [9.17, 15) is 0 Å². The molecule has 2 fully saturated rings. The van der Waals surface area contributed by atoms with Crippen LogP contribution in [0.4, 0.5) is 0 Å². The molecule has 2 heterocycles. The van der Waals surface area contributed by atoms with Crippen molar-refractivity contribution in [3.8, 4) is 0 Å². The van der Waals surface area contributed by atoms with E-state index in [1.165, 1.54) is 17.7 Å². The van der Waals surface area contributed by atoms with Crippen molar-refractivity contribution in [3.05, 3.63) is 17.0 Å². The summed E-state index contributed by atoms with van der Waals surface area (Å²) in [5, 5.41) is 8.25. The van der Waals surface area contributed by atoms with Crippen molar-refractivity contribution >= 4 is 0 Å². The third-order valence-electron chi connectivity index (χ3n) is 5.26. The Labute approximate surface area is 115 Å². The topological polar surface area (TPSA) is 39.1 Å². The number of hydrogen-bond acceptors (Lipinski definition) is 3. The Kier molecular flexibility index (Phi) is 2.98. The molecule has 0 spiro atoms. The number of hydrogen-bond donors (Lipinski definition) is 1. The molecular weight excluding hydrogens is 238 g/mol. The maximum Gasteiger partial charge on any atom is 0.0685 e. The molecule has 3 rings (SSSR count). The second kappa shape index (κ2) is 4.32. The number of aromatic nitrogens is 2. The third kappa shape index (κ3) is 1.84. The van der Waals surface area contributed by atoms with E-state index in [2.05, 4.69) is 38.1 Å². The molecule has 3 atom stereocenters. The van der Waals surface area contributed by atoms with Gasteiger partial charge in [0.1, 0.15) is 0 Å². The van der Waals surface area contributed by atoms with Crippen LogP contribution < -0.4 is 5.32 Å². The van der Waals surface area contributed by atoms with Gasteiger partial charge in [0.25, 0.3) is 0 Å². The van der Waals surface area contributed by atoms with Crippen LogP contribution >= 0.6 is 0 Å². The largest absolute Gasteiger partial charge is 0.377 e. The lowest BCUT2D eigenvalue weighted by Gasteiger charge is -2.55. The third-order valence-corrected chi connectivity index (χ3v) is 5.26. The first-order valence-corrected chi connectivity index (χ1v) is 7.27. The minimum atomic E-state index is 0.255. The fourth-order valence-corrected chi connectivity index (χ4v) is 4.02. The van der Waals surface area contributed by atoms with Gasteiger partial charge in [0.15, 0.2) is 0 Å². The van der Waals surface area contributed by atoms with Crippen molar-refractivity contribution in [1.29, 1.82) is 0 Å². The predicted molar refractivity (Wildman–Crippen MR) is 74.9 cm³/mol. The summed E-state index contributed by atoms with van der Waals surface area (Å²) in [6, 6.07) is 0.569. The Balaban J connectivity index is 1.70. The van der Waals surface area contributed by atoms with E-state index in [4.69, 9.17) is 4.74 Å². The minimum absolute atomic E-state index is 0.255. The molecule has 1 aliphatic heterocycles. The van der Waals surface area contributed by atoms with Gasteiger partial charge < -0.3 is 10.1 Å². The molecule has 4 heteroatoms. The highest BCUT2D eigenvalue weighted by Crippen LogP contribution is 2.52. The summed E-state index contributed by atoms with van der Waals surface area (Å²) in [5.41, 5.74) is 4.01. The average molecular weight is 263 g/mol. The van der Waals surface area contributed by atoms with Crippen LogP contribution in [0.25, 0.3) is 0 Å². The van der Waals surface area contributed by atoms with Gasteiger partial charge in [0.05, 0.1) is 11.8 Å². The number of ether oxygens (including phenoxy) is 1. The number of nitrogens with one attached hydrogen (secondary N) is 1. The standard InChI is InChI=1S/C15H25N3O/c1-9-12(10(2)18(5)17-9)8-16-13-11-6-7-19-14(11)15(13,3)4/h11,13-14,16H,6-8H2,1-5H3. The Bertz CT molecular complexity index is 492. The highest BCUT2D eigenvalue weighted by molar-refractivity contribution is 5.24.